The Morgan fingerprint density at radius 1 is 1.22 bits per heavy atom. The van der Waals surface area contributed by atoms with Crippen LogP contribution in [0, 0.1) is 0 Å². The van der Waals surface area contributed by atoms with E-state index in [0.29, 0.717) is 10.8 Å². The van der Waals surface area contributed by atoms with Crippen LogP contribution >= 0.6 is 27.5 Å². The van der Waals surface area contributed by atoms with Crippen molar-refractivity contribution in [3.8, 4) is 0 Å². The molecule has 0 aliphatic rings. The number of nitrogens with zero attached hydrogens (tertiary/aromatic N) is 1. The zero-order chi connectivity index (χ0) is 13.2. The molecule has 0 saturated carbocycles. The molecule has 0 amide bonds. The van der Waals surface area contributed by atoms with Crippen LogP contribution in [-0.4, -0.2) is 4.98 Å². The van der Waals surface area contributed by atoms with E-state index in [1.54, 1.807) is 6.20 Å². The van der Waals surface area contributed by atoms with Crippen LogP contribution in [0.3, 0.4) is 0 Å². The van der Waals surface area contributed by atoms with Crippen LogP contribution in [0.5, 0.6) is 0 Å². The summed E-state index contributed by atoms with van der Waals surface area (Å²) in [6.45, 7) is 4.20. The van der Waals surface area contributed by atoms with E-state index in [1.807, 2.05) is 24.3 Å². The Morgan fingerprint density at radius 2 is 1.89 bits per heavy atom. The second-order valence-corrected chi connectivity index (χ2v) is 5.92. The van der Waals surface area contributed by atoms with E-state index in [-0.39, 0.29) is 5.54 Å². The molecule has 0 aliphatic heterocycles. The maximum atomic E-state index is 6.17. The fourth-order valence-electron chi connectivity index (χ4n) is 1.73. The second-order valence-electron chi connectivity index (χ2n) is 4.60. The molecule has 18 heavy (non-hydrogen) atoms. The Hall–Kier alpha value is -1.06. The Labute approximate surface area is 121 Å². The average molecular weight is 326 g/mol. The number of nitrogens with one attached hydrogen (secondary N) is 1. The molecule has 0 aliphatic carbocycles. The molecule has 0 spiro atoms. The van der Waals surface area contributed by atoms with Crippen molar-refractivity contribution < 1.29 is 0 Å². The molecule has 0 radical (unpaired) electrons. The smallest absolute Gasteiger partial charge is 0.145 e. The highest BCUT2D eigenvalue weighted by Crippen LogP contribution is 2.29. The van der Waals surface area contributed by atoms with Gasteiger partial charge in [-0.1, -0.05) is 41.9 Å². The van der Waals surface area contributed by atoms with Crippen molar-refractivity contribution in [1.29, 1.82) is 0 Å². The van der Waals surface area contributed by atoms with Gasteiger partial charge in [-0.25, -0.2) is 4.98 Å². The third-order valence-corrected chi connectivity index (χ3v) is 3.46. The van der Waals surface area contributed by atoms with Gasteiger partial charge in [-0.05, 0) is 41.4 Å². The minimum absolute atomic E-state index is 0.230. The molecule has 0 bridgehead atoms. The Balaban J connectivity index is 2.28. The van der Waals surface area contributed by atoms with Gasteiger partial charge >= 0.3 is 0 Å². The van der Waals surface area contributed by atoms with Gasteiger partial charge in [0.05, 0.1) is 10.6 Å². The zero-order valence-electron chi connectivity index (χ0n) is 10.2. The highest BCUT2D eigenvalue weighted by atomic mass is 79.9. The van der Waals surface area contributed by atoms with Gasteiger partial charge in [0, 0.05) is 10.7 Å². The standard InChI is InChI=1S/C14H14BrClN2/c1-14(2,10-6-4-3-5-7-10)18-13-12(16)8-11(15)9-17-13/h3-9H,1-2H3,(H,17,18). The van der Waals surface area contributed by atoms with Gasteiger partial charge in [0.2, 0.25) is 0 Å². The lowest BCUT2D eigenvalue weighted by atomic mass is 9.94. The number of halogens is 2. The molecule has 2 rings (SSSR count). The summed E-state index contributed by atoms with van der Waals surface area (Å²) in [7, 11) is 0. The van der Waals surface area contributed by atoms with Crippen molar-refractivity contribution in [3.63, 3.8) is 0 Å². The van der Waals surface area contributed by atoms with Gasteiger partial charge in [0.25, 0.3) is 0 Å². The lowest BCUT2D eigenvalue weighted by Crippen LogP contribution is -2.28. The normalized spacial score (nSPS) is 11.3. The van der Waals surface area contributed by atoms with Crippen LogP contribution < -0.4 is 5.32 Å². The molecule has 0 atom stereocenters. The lowest BCUT2D eigenvalue weighted by Gasteiger charge is -2.28. The van der Waals surface area contributed by atoms with Crippen LogP contribution in [0.1, 0.15) is 19.4 Å². The molecule has 1 N–H and O–H groups in total. The van der Waals surface area contributed by atoms with Crippen molar-refractivity contribution in [2.75, 3.05) is 5.32 Å². The quantitative estimate of drug-likeness (QED) is 0.873. The summed E-state index contributed by atoms with van der Waals surface area (Å²) in [6, 6.07) is 12.0. The molecule has 94 valence electrons. The number of hydrogen-bond acceptors (Lipinski definition) is 2. The van der Waals surface area contributed by atoms with E-state index < -0.39 is 0 Å². The average Bonchev–Trinajstić information content (AvgIpc) is 2.34. The summed E-state index contributed by atoms with van der Waals surface area (Å²) in [6.07, 6.45) is 1.73. The summed E-state index contributed by atoms with van der Waals surface area (Å²) in [5, 5.41) is 3.97. The summed E-state index contributed by atoms with van der Waals surface area (Å²) in [4.78, 5) is 4.30. The van der Waals surface area contributed by atoms with Gasteiger partial charge in [0.15, 0.2) is 0 Å². The largest absolute Gasteiger partial charge is 0.360 e. The number of anilines is 1. The third kappa shape index (κ3) is 3.03. The van der Waals surface area contributed by atoms with Crippen LogP contribution in [-0.2, 0) is 5.54 Å². The van der Waals surface area contributed by atoms with E-state index in [1.165, 1.54) is 5.56 Å². The molecule has 1 aromatic heterocycles. The Bertz CT molecular complexity index is 541. The first-order chi connectivity index (χ1) is 8.49. The minimum Gasteiger partial charge on any atom is -0.360 e. The van der Waals surface area contributed by atoms with Crippen LogP contribution in [0.15, 0.2) is 47.1 Å². The van der Waals surface area contributed by atoms with Gasteiger partial charge in [-0.2, -0.15) is 0 Å². The molecular weight excluding hydrogens is 312 g/mol. The number of rotatable bonds is 3. The van der Waals surface area contributed by atoms with E-state index >= 15 is 0 Å². The van der Waals surface area contributed by atoms with Gasteiger partial charge in [-0.15, -0.1) is 0 Å². The van der Waals surface area contributed by atoms with Gasteiger partial charge in [-0.3, -0.25) is 0 Å². The third-order valence-electron chi connectivity index (χ3n) is 2.73. The zero-order valence-corrected chi connectivity index (χ0v) is 12.6. The maximum Gasteiger partial charge on any atom is 0.145 e. The molecule has 4 heteroatoms. The lowest BCUT2D eigenvalue weighted by molar-refractivity contribution is 0.606. The van der Waals surface area contributed by atoms with E-state index in [4.69, 9.17) is 11.6 Å². The topological polar surface area (TPSA) is 24.9 Å². The number of aromatic nitrogens is 1. The second kappa shape index (κ2) is 5.29. The number of hydrogen-bond donors (Lipinski definition) is 1. The van der Waals surface area contributed by atoms with Crippen molar-refractivity contribution >= 4 is 33.3 Å². The molecule has 0 saturated heterocycles. The Kier molecular flexibility index (Phi) is 3.93. The van der Waals surface area contributed by atoms with Gasteiger partial charge < -0.3 is 5.32 Å². The predicted molar refractivity (Wildman–Crippen MR) is 80.0 cm³/mol. The fourth-order valence-corrected chi connectivity index (χ4v) is 2.41. The summed E-state index contributed by atoms with van der Waals surface area (Å²) >= 11 is 9.51. The molecule has 1 aromatic carbocycles. The molecule has 0 fully saturated rings. The monoisotopic (exact) mass is 324 g/mol. The van der Waals surface area contributed by atoms with Crippen molar-refractivity contribution in [2.45, 2.75) is 19.4 Å². The molecule has 0 unspecified atom stereocenters. The Morgan fingerprint density at radius 3 is 2.50 bits per heavy atom. The first-order valence-electron chi connectivity index (χ1n) is 5.64. The van der Waals surface area contributed by atoms with Crippen LogP contribution in [0.4, 0.5) is 5.82 Å². The fraction of sp³-hybridized carbons (Fsp3) is 0.214. The van der Waals surface area contributed by atoms with Crippen molar-refractivity contribution in [1.82, 2.24) is 4.98 Å². The SMILES string of the molecule is CC(C)(Nc1ncc(Br)cc1Cl)c1ccccc1. The number of benzene rings is 1. The van der Waals surface area contributed by atoms with E-state index in [2.05, 4.69) is 52.2 Å². The molecule has 2 aromatic rings. The van der Waals surface area contributed by atoms with E-state index in [9.17, 15) is 0 Å². The van der Waals surface area contributed by atoms with E-state index in [0.717, 1.165) is 4.47 Å². The summed E-state index contributed by atoms with van der Waals surface area (Å²) in [5.74, 6) is 0.689. The summed E-state index contributed by atoms with van der Waals surface area (Å²) in [5.41, 5.74) is 0.955. The van der Waals surface area contributed by atoms with Crippen molar-refractivity contribution in [2.24, 2.45) is 0 Å². The van der Waals surface area contributed by atoms with Crippen molar-refractivity contribution in [3.05, 3.63) is 57.7 Å². The summed E-state index contributed by atoms with van der Waals surface area (Å²) < 4.78 is 0.871. The molecule has 1 heterocycles. The first-order valence-corrected chi connectivity index (χ1v) is 6.81. The highest BCUT2D eigenvalue weighted by Gasteiger charge is 2.21. The molecule has 2 nitrogen and oxygen atoms in total. The van der Waals surface area contributed by atoms with Crippen LogP contribution in [0.2, 0.25) is 5.02 Å². The molecular formula is C14H14BrClN2. The van der Waals surface area contributed by atoms with Crippen LogP contribution in [0.25, 0.3) is 0 Å². The highest BCUT2D eigenvalue weighted by molar-refractivity contribution is 9.10. The first kappa shape index (κ1) is 13.4. The predicted octanol–water partition coefficient (Wildman–Crippen LogP) is 4.84. The minimum atomic E-state index is -0.230. The van der Waals surface area contributed by atoms with Gasteiger partial charge in [0.1, 0.15) is 5.82 Å². The number of pyridine rings is 1. The maximum absolute atomic E-state index is 6.17.